The highest BCUT2D eigenvalue weighted by Crippen LogP contribution is 2.14. The average Bonchev–Trinajstić information content (AvgIpc) is 2.24. The van der Waals surface area contributed by atoms with E-state index >= 15 is 0 Å². The van der Waals surface area contributed by atoms with E-state index in [9.17, 15) is 0 Å². The second kappa shape index (κ2) is 5.51. The Hall–Kier alpha value is -1.35. The lowest BCUT2D eigenvalue weighted by Gasteiger charge is -2.22. The van der Waals surface area contributed by atoms with Gasteiger partial charge in [0.2, 0.25) is 0 Å². The zero-order valence-electron chi connectivity index (χ0n) is 9.75. The third-order valence-electron chi connectivity index (χ3n) is 2.24. The highest BCUT2D eigenvalue weighted by molar-refractivity contribution is 5.50. The molecule has 0 atom stereocenters. The molecule has 0 amide bonds. The summed E-state index contributed by atoms with van der Waals surface area (Å²) >= 11 is 0. The molecule has 0 aromatic carbocycles. The summed E-state index contributed by atoms with van der Waals surface area (Å²) in [4.78, 5) is 6.69. The van der Waals surface area contributed by atoms with Gasteiger partial charge in [0.15, 0.2) is 0 Å². The fraction of sp³-hybridized carbons (Fsp3) is 0.417. The van der Waals surface area contributed by atoms with Gasteiger partial charge in [-0.15, -0.1) is 0 Å². The van der Waals surface area contributed by atoms with Crippen molar-refractivity contribution < 1.29 is 0 Å². The second-order valence-corrected chi connectivity index (χ2v) is 3.50. The quantitative estimate of drug-likeness (QED) is 0.746. The van der Waals surface area contributed by atoms with E-state index in [4.69, 9.17) is 0 Å². The van der Waals surface area contributed by atoms with Gasteiger partial charge in [0.25, 0.3) is 0 Å². The minimum absolute atomic E-state index is 0.809. The summed E-state index contributed by atoms with van der Waals surface area (Å²) in [5.41, 5.74) is 2.14. The zero-order valence-corrected chi connectivity index (χ0v) is 9.75. The number of hydrogen-bond acceptors (Lipinski definition) is 3. The summed E-state index contributed by atoms with van der Waals surface area (Å²) in [6, 6.07) is 4.12. The van der Waals surface area contributed by atoms with Crippen LogP contribution in [-0.2, 0) is 0 Å². The van der Waals surface area contributed by atoms with Crippen LogP contribution in [0.25, 0.3) is 6.08 Å². The highest BCUT2D eigenvalue weighted by atomic mass is 15.2. The van der Waals surface area contributed by atoms with Crippen molar-refractivity contribution in [3.63, 3.8) is 0 Å². The lowest BCUT2D eigenvalue weighted by Crippen LogP contribution is -2.32. The fourth-order valence-corrected chi connectivity index (χ4v) is 1.49. The van der Waals surface area contributed by atoms with Gasteiger partial charge in [0.05, 0.1) is 12.4 Å². The van der Waals surface area contributed by atoms with Crippen molar-refractivity contribution in [3.05, 3.63) is 30.0 Å². The van der Waals surface area contributed by atoms with Crippen molar-refractivity contribution in [1.29, 1.82) is 0 Å². The number of aryl methyl sites for hydroxylation is 1. The molecular formula is C12H19N3. The molecule has 15 heavy (non-hydrogen) atoms. The third kappa shape index (κ3) is 3.06. The Balaban J connectivity index is 3.00. The molecule has 0 aliphatic carbocycles. The molecule has 1 aromatic rings. The van der Waals surface area contributed by atoms with E-state index in [1.54, 1.807) is 6.08 Å². The maximum atomic E-state index is 4.51. The SMILES string of the molecule is C=Cc1cc(C)cc(N(CC)CNC)n1. The molecule has 0 fully saturated rings. The summed E-state index contributed by atoms with van der Waals surface area (Å²) in [5.74, 6) is 1.00. The molecule has 0 saturated carbocycles. The molecule has 3 nitrogen and oxygen atoms in total. The Bertz CT molecular complexity index is 334. The maximum Gasteiger partial charge on any atom is 0.130 e. The summed E-state index contributed by atoms with van der Waals surface area (Å²) in [6.07, 6.45) is 1.78. The summed E-state index contributed by atoms with van der Waals surface area (Å²) in [6.45, 7) is 9.69. The van der Waals surface area contributed by atoms with Gasteiger partial charge >= 0.3 is 0 Å². The van der Waals surface area contributed by atoms with Gasteiger partial charge in [-0.1, -0.05) is 6.58 Å². The fourth-order valence-electron chi connectivity index (χ4n) is 1.49. The number of nitrogens with one attached hydrogen (secondary N) is 1. The number of nitrogens with zero attached hydrogens (tertiary/aromatic N) is 2. The lowest BCUT2D eigenvalue weighted by atomic mass is 10.2. The molecule has 0 spiro atoms. The molecular weight excluding hydrogens is 186 g/mol. The smallest absolute Gasteiger partial charge is 0.130 e. The van der Waals surface area contributed by atoms with Crippen LogP contribution in [0.4, 0.5) is 5.82 Å². The summed E-state index contributed by atoms with van der Waals surface area (Å²) < 4.78 is 0. The van der Waals surface area contributed by atoms with Crippen LogP contribution in [0.3, 0.4) is 0 Å². The largest absolute Gasteiger partial charge is 0.344 e. The Morgan fingerprint density at radius 3 is 2.80 bits per heavy atom. The van der Waals surface area contributed by atoms with E-state index in [1.165, 1.54) is 5.56 Å². The van der Waals surface area contributed by atoms with Crippen LogP contribution in [0.15, 0.2) is 18.7 Å². The molecule has 0 bridgehead atoms. The van der Waals surface area contributed by atoms with Gasteiger partial charge in [-0.2, -0.15) is 0 Å². The number of aromatic nitrogens is 1. The zero-order chi connectivity index (χ0) is 11.3. The molecule has 0 aliphatic rings. The molecule has 0 saturated heterocycles. The molecule has 0 unspecified atom stereocenters. The molecule has 0 radical (unpaired) electrons. The normalized spacial score (nSPS) is 10.1. The standard InChI is InChI=1S/C12H19N3/c1-5-11-7-10(3)8-12(14-11)15(6-2)9-13-4/h5,7-8,13H,1,6,9H2,2-4H3. The summed E-state index contributed by atoms with van der Waals surface area (Å²) in [7, 11) is 1.94. The topological polar surface area (TPSA) is 28.2 Å². The van der Waals surface area contributed by atoms with Gasteiger partial charge in [-0.3, -0.25) is 0 Å². The van der Waals surface area contributed by atoms with Crippen molar-refractivity contribution in [2.24, 2.45) is 0 Å². The van der Waals surface area contributed by atoms with Crippen molar-refractivity contribution in [3.8, 4) is 0 Å². The first-order valence-electron chi connectivity index (χ1n) is 5.22. The van der Waals surface area contributed by atoms with Crippen LogP contribution in [0, 0.1) is 6.92 Å². The minimum atomic E-state index is 0.809. The van der Waals surface area contributed by atoms with E-state index < -0.39 is 0 Å². The molecule has 1 N–H and O–H groups in total. The molecule has 1 rings (SSSR count). The monoisotopic (exact) mass is 205 g/mol. The van der Waals surface area contributed by atoms with Gasteiger partial charge < -0.3 is 10.2 Å². The van der Waals surface area contributed by atoms with Crippen LogP contribution in [0.1, 0.15) is 18.2 Å². The van der Waals surface area contributed by atoms with E-state index in [0.717, 1.165) is 24.7 Å². The van der Waals surface area contributed by atoms with Crippen LogP contribution in [0.2, 0.25) is 0 Å². The first-order valence-corrected chi connectivity index (χ1v) is 5.22. The Labute approximate surface area is 91.8 Å². The Morgan fingerprint density at radius 2 is 2.27 bits per heavy atom. The van der Waals surface area contributed by atoms with Crippen molar-refractivity contribution >= 4 is 11.9 Å². The Kier molecular flexibility index (Phi) is 4.31. The number of rotatable bonds is 5. The predicted molar refractivity (Wildman–Crippen MR) is 66.0 cm³/mol. The molecule has 1 heterocycles. The molecule has 3 heteroatoms. The van der Waals surface area contributed by atoms with Gasteiger partial charge in [-0.25, -0.2) is 4.98 Å². The first-order chi connectivity index (χ1) is 7.21. The average molecular weight is 205 g/mol. The van der Waals surface area contributed by atoms with Crippen LogP contribution < -0.4 is 10.2 Å². The molecule has 0 aliphatic heterocycles. The van der Waals surface area contributed by atoms with E-state index in [2.05, 4.69) is 41.7 Å². The Morgan fingerprint density at radius 1 is 1.53 bits per heavy atom. The van der Waals surface area contributed by atoms with Gasteiger partial charge in [-0.05, 0) is 44.7 Å². The van der Waals surface area contributed by atoms with Crippen LogP contribution in [-0.4, -0.2) is 25.2 Å². The first kappa shape index (κ1) is 11.7. The third-order valence-corrected chi connectivity index (χ3v) is 2.24. The predicted octanol–water partition coefficient (Wildman–Crippen LogP) is 2.04. The van der Waals surface area contributed by atoms with Gasteiger partial charge in [0.1, 0.15) is 5.82 Å². The summed E-state index contributed by atoms with van der Waals surface area (Å²) in [5, 5.41) is 3.13. The minimum Gasteiger partial charge on any atom is -0.344 e. The highest BCUT2D eigenvalue weighted by Gasteiger charge is 2.05. The maximum absolute atomic E-state index is 4.51. The lowest BCUT2D eigenvalue weighted by molar-refractivity contribution is 0.723. The van der Waals surface area contributed by atoms with E-state index in [-0.39, 0.29) is 0 Å². The molecule has 1 aromatic heterocycles. The van der Waals surface area contributed by atoms with Crippen LogP contribution >= 0.6 is 0 Å². The number of anilines is 1. The van der Waals surface area contributed by atoms with Crippen molar-refractivity contribution in [2.45, 2.75) is 13.8 Å². The van der Waals surface area contributed by atoms with Crippen LogP contribution in [0.5, 0.6) is 0 Å². The van der Waals surface area contributed by atoms with E-state index in [1.807, 2.05) is 13.1 Å². The number of hydrogen-bond donors (Lipinski definition) is 1. The van der Waals surface area contributed by atoms with Crippen molar-refractivity contribution in [2.75, 3.05) is 25.2 Å². The van der Waals surface area contributed by atoms with Gasteiger partial charge in [0, 0.05) is 6.54 Å². The second-order valence-electron chi connectivity index (χ2n) is 3.50. The number of pyridine rings is 1. The molecule has 82 valence electrons. The van der Waals surface area contributed by atoms with Crippen molar-refractivity contribution in [1.82, 2.24) is 10.3 Å². The van der Waals surface area contributed by atoms with E-state index in [0.29, 0.717) is 0 Å².